The van der Waals surface area contributed by atoms with Crippen LogP contribution in [-0.2, 0) is 11.0 Å². The van der Waals surface area contributed by atoms with Gasteiger partial charge in [0.15, 0.2) is 0 Å². The van der Waals surface area contributed by atoms with Crippen LogP contribution in [0.15, 0.2) is 36.4 Å². The van der Waals surface area contributed by atoms with E-state index in [-0.39, 0.29) is 35.9 Å². The molecule has 2 fully saturated rings. The zero-order valence-electron chi connectivity index (χ0n) is 21.1. The normalized spacial score (nSPS) is 21.1. The first kappa shape index (κ1) is 27.9. The van der Waals surface area contributed by atoms with Crippen LogP contribution in [-0.4, -0.2) is 40.2 Å². The zero-order chi connectivity index (χ0) is 28.0. The molecular formula is C27H28ClF4N3O3. The fourth-order valence-electron chi connectivity index (χ4n) is 4.88. The number of carbonyl (C=O) groups is 3. The fourth-order valence-corrected chi connectivity index (χ4v) is 5.22. The SMILES string of the molecule is CC(NC(=O)C1(NC(=O)c2cc(F)cc(C(F)(F)F)c2)CC1)c1ccc(C(=O)N2[C@H](C)CC[C@H]2C)cc1Cl. The molecule has 4 rings (SSSR count). The van der Waals surface area contributed by atoms with Crippen LogP contribution in [0, 0.1) is 5.82 Å². The molecule has 0 bridgehead atoms. The summed E-state index contributed by atoms with van der Waals surface area (Å²) in [5.74, 6) is -2.85. The molecule has 38 heavy (non-hydrogen) atoms. The molecular weight excluding hydrogens is 526 g/mol. The Balaban J connectivity index is 1.44. The third kappa shape index (κ3) is 5.65. The van der Waals surface area contributed by atoms with Gasteiger partial charge in [-0.05, 0) is 82.3 Å². The first-order valence-electron chi connectivity index (χ1n) is 12.4. The number of nitrogens with one attached hydrogen (secondary N) is 2. The number of halogens is 5. The molecule has 1 heterocycles. The molecule has 204 valence electrons. The van der Waals surface area contributed by atoms with E-state index in [1.54, 1.807) is 25.1 Å². The zero-order valence-corrected chi connectivity index (χ0v) is 21.8. The maximum Gasteiger partial charge on any atom is 0.416 e. The van der Waals surface area contributed by atoms with E-state index in [4.69, 9.17) is 11.6 Å². The molecule has 0 radical (unpaired) electrons. The van der Waals surface area contributed by atoms with E-state index < -0.39 is 46.5 Å². The van der Waals surface area contributed by atoms with Crippen LogP contribution in [0.1, 0.15) is 84.3 Å². The highest BCUT2D eigenvalue weighted by Crippen LogP contribution is 2.38. The van der Waals surface area contributed by atoms with E-state index in [1.165, 1.54) is 0 Å². The Morgan fingerprint density at radius 3 is 2.21 bits per heavy atom. The van der Waals surface area contributed by atoms with Gasteiger partial charge in [-0.2, -0.15) is 13.2 Å². The van der Waals surface area contributed by atoms with Crippen LogP contribution in [0.25, 0.3) is 0 Å². The van der Waals surface area contributed by atoms with Gasteiger partial charge in [-0.3, -0.25) is 14.4 Å². The van der Waals surface area contributed by atoms with E-state index in [9.17, 15) is 31.9 Å². The molecule has 11 heteroatoms. The lowest BCUT2D eigenvalue weighted by atomic mass is 10.0. The molecule has 2 aromatic carbocycles. The Hall–Kier alpha value is -3.14. The van der Waals surface area contributed by atoms with Crippen LogP contribution in [0.4, 0.5) is 17.6 Å². The highest BCUT2D eigenvalue weighted by Gasteiger charge is 2.51. The summed E-state index contributed by atoms with van der Waals surface area (Å²) in [6.07, 6.45) is -2.42. The Labute approximate surface area is 222 Å². The first-order chi connectivity index (χ1) is 17.7. The largest absolute Gasteiger partial charge is 0.416 e. The van der Waals surface area contributed by atoms with Crippen molar-refractivity contribution < 1.29 is 31.9 Å². The number of hydrogen-bond donors (Lipinski definition) is 2. The van der Waals surface area contributed by atoms with Crippen molar-refractivity contribution in [1.82, 2.24) is 15.5 Å². The first-order valence-corrected chi connectivity index (χ1v) is 12.7. The molecule has 1 saturated heterocycles. The molecule has 6 nitrogen and oxygen atoms in total. The number of amides is 3. The summed E-state index contributed by atoms with van der Waals surface area (Å²) in [6, 6.07) is 6.08. The summed E-state index contributed by atoms with van der Waals surface area (Å²) in [4.78, 5) is 40.5. The van der Waals surface area contributed by atoms with E-state index in [0.717, 1.165) is 12.8 Å². The standard InChI is InChI=1S/C27H28ClF4N3O3/c1-14-4-5-15(2)35(14)24(37)17-6-7-21(22(28)12-17)16(3)33-25(38)26(8-9-26)34-23(36)18-10-19(27(30,31)32)13-20(29)11-18/h6-7,10-16H,4-5,8-9H2,1-3H3,(H,33,38)(H,34,36)/t14-,15-,16?/m1/s1. The third-order valence-corrected chi connectivity index (χ3v) is 7.60. The van der Waals surface area contributed by atoms with Gasteiger partial charge < -0.3 is 15.5 Å². The monoisotopic (exact) mass is 553 g/mol. The number of alkyl halides is 3. The Morgan fingerprint density at radius 2 is 1.66 bits per heavy atom. The van der Waals surface area contributed by atoms with Crippen molar-refractivity contribution in [2.75, 3.05) is 0 Å². The lowest BCUT2D eigenvalue weighted by Crippen LogP contribution is -2.49. The quantitative estimate of drug-likeness (QED) is 0.454. The molecule has 2 aliphatic rings. The molecule has 2 aromatic rings. The summed E-state index contributed by atoms with van der Waals surface area (Å²) < 4.78 is 52.8. The van der Waals surface area contributed by atoms with Crippen molar-refractivity contribution in [2.45, 2.75) is 76.3 Å². The van der Waals surface area contributed by atoms with Gasteiger partial charge >= 0.3 is 6.18 Å². The van der Waals surface area contributed by atoms with Gasteiger partial charge in [0.05, 0.1) is 11.6 Å². The van der Waals surface area contributed by atoms with Crippen LogP contribution in [0.5, 0.6) is 0 Å². The number of likely N-dealkylation sites (tertiary alicyclic amines) is 1. The van der Waals surface area contributed by atoms with Crippen molar-refractivity contribution in [1.29, 1.82) is 0 Å². The van der Waals surface area contributed by atoms with Gasteiger partial charge in [0, 0.05) is 28.2 Å². The van der Waals surface area contributed by atoms with Gasteiger partial charge in [-0.15, -0.1) is 0 Å². The minimum atomic E-state index is -4.83. The highest BCUT2D eigenvalue weighted by molar-refractivity contribution is 6.31. The van der Waals surface area contributed by atoms with Crippen LogP contribution in [0.3, 0.4) is 0 Å². The van der Waals surface area contributed by atoms with E-state index in [2.05, 4.69) is 10.6 Å². The van der Waals surface area contributed by atoms with E-state index >= 15 is 0 Å². The van der Waals surface area contributed by atoms with E-state index in [0.29, 0.717) is 29.3 Å². The second kappa shape index (κ2) is 10.2. The fraction of sp³-hybridized carbons (Fsp3) is 0.444. The molecule has 1 saturated carbocycles. The average molecular weight is 554 g/mol. The lowest BCUT2D eigenvalue weighted by molar-refractivity contribution is -0.137. The van der Waals surface area contributed by atoms with Gasteiger partial charge in [-0.25, -0.2) is 4.39 Å². The molecule has 0 spiro atoms. The van der Waals surface area contributed by atoms with Crippen LogP contribution < -0.4 is 10.6 Å². The Bertz CT molecular complexity index is 1270. The van der Waals surface area contributed by atoms with Gasteiger partial charge in [0.1, 0.15) is 11.4 Å². The summed E-state index contributed by atoms with van der Waals surface area (Å²) in [7, 11) is 0. The van der Waals surface area contributed by atoms with Gasteiger partial charge in [0.2, 0.25) is 5.91 Å². The molecule has 3 atom stereocenters. The molecule has 0 aromatic heterocycles. The van der Waals surface area contributed by atoms with Crippen molar-refractivity contribution in [2.24, 2.45) is 0 Å². The second-order valence-electron chi connectivity index (χ2n) is 10.2. The summed E-state index contributed by atoms with van der Waals surface area (Å²) >= 11 is 6.47. The van der Waals surface area contributed by atoms with Crippen molar-refractivity contribution >= 4 is 29.3 Å². The minimum absolute atomic E-state index is 0.113. The smallest absolute Gasteiger partial charge is 0.347 e. The predicted octanol–water partition coefficient (Wildman–Crippen LogP) is 5.65. The van der Waals surface area contributed by atoms with Gasteiger partial charge in [-0.1, -0.05) is 17.7 Å². The minimum Gasteiger partial charge on any atom is -0.347 e. The summed E-state index contributed by atoms with van der Waals surface area (Å²) in [5, 5.41) is 5.52. The molecule has 1 aliphatic heterocycles. The number of rotatable bonds is 6. The Kier molecular flexibility index (Phi) is 7.49. The summed E-state index contributed by atoms with van der Waals surface area (Å²) in [6.45, 7) is 5.70. The average Bonchev–Trinajstić information content (AvgIpc) is 3.54. The topological polar surface area (TPSA) is 78.5 Å². The maximum absolute atomic E-state index is 13.7. The maximum atomic E-state index is 13.7. The van der Waals surface area contributed by atoms with E-state index in [1.807, 2.05) is 18.7 Å². The van der Waals surface area contributed by atoms with Crippen molar-refractivity contribution in [3.8, 4) is 0 Å². The summed E-state index contributed by atoms with van der Waals surface area (Å²) in [5.41, 5.74) is -2.15. The van der Waals surface area contributed by atoms with Crippen molar-refractivity contribution in [3.63, 3.8) is 0 Å². The van der Waals surface area contributed by atoms with Crippen LogP contribution >= 0.6 is 11.6 Å². The van der Waals surface area contributed by atoms with Crippen LogP contribution in [0.2, 0.25) is 5.02 Å². The number of hydrogen-bond acceptors (Lipinski definition) is 3. The number of carbonyl (C=O) groups excluding carboxylic acids is 3. The highest BCUT2D eigenvalue weighted by atomic mass is 35.5. The third-order valence-electron chi connectivity index (χ3n) is 7.27. The molecule has 1 unspecified atom stereocenters. The second-order valence-corrected chi connectivity index (χ2v) is 10.6. The molecule has 1 aliphatic carbocycles. The number of nitrogens with zero attached hydrogens (tertiary/aromatic N) is 1. The van der Waals surface area contributed by atoms with Gasteiger partial charge in [0.25, 0.3) is 11.8 Å². The molecule has 2 N–H and O–H groups in total. The molecule has 3 amide bonds. The van der Waals surface area contributed by atoms with Crippen molar-refractivity contribution in [3.05, 3.63) is 69.5 Å². The Morgan fingerprint density at radius 1 is 1.03 bits per heavy atom. The number of benzene rings is 2. The predicted molar refractivity (Wildman–Crippen MR) is 133 cm³/mol. The lowest BCUT2D eigenvalue weighted by Gasteiger charge is -2.27.